The molecule has 1 aromatic heterocycles. The lowest BCUT2D eigenvalue weighted by molar-refractivity contribution is 1.27. The van der Waals surface area contributed by atoms with Crippen LogP contribution in [0.15, 0.2) is 6.07 Å². The number of rotatable bonds is 0. The average molecular weight is 189 g/mol. The standard InChI is InChI=1S/C6H4Cl2N3/c1-3-2-4(11-9)6(8)10-5(3)7/h2H,1H3/q+1. The summed E-state index contributed by atoms with van der Waals surface area (Å²) in [7, 11) is 0. The van der Waals surface area contributed by atoms with Crippen LogP contribution in [0.3, 0.4) is 0 Å². The molecule has 1 rings (SSSR count). The van der Waals surface area contributed by atoms with E-state index >= 15 is 0 Å². The molecule has 3 nitrogen and oxygen atoms in total. The maximum atomic E-state index is 8.39. The third-order valence-electron chi connectivity index (χ3n) is 1.19. The van der Waals surface area contributed by atoms with Crippen LogP contribution in [0.4, 0.5) is 5.69 Å². The molecule has 0 amide bonds. The number of pyridine rings is 1. The molecule has 0 radical (unpaired) electrons. The third kappa shape index (κ3) is 1.59. The van der Waals surface area contributed by atoms with Gasteiger partial charge in [-0.05, 0) is 12.5 Å². The Balaban J connectivity index is 3.35. The summed E-state index contributed by atoms with van der Waals surface area (Å²) in [5, 5.41) is 8.81. The van der Waals surface area contributed by atoms with E-state index in [0.717, 1.165) is 5.56 Å². The fourth-order valence-electron chi connectivity index (χ4n) is 0.626. The molecule has 0 bridgehead atoms. The van der Waals surface area contributed by atoms with Crippen LogP contribution in [-0.4, -0.2) is 4.98 Å². The van der Waals surface area contributed by atoms with Crippen molar-refractivity contribution in [2.24, 2.45) is 0 Å². The quantitative estimate of drug-likeness (QED) is 0.464. The maximum absolute atomic E-state index is 8.39. The second-order valence-electron chi connectivity index (χ2n) is 2.01. The van der Waals surface area contributed by atoms with Gasteiger partial charge in [-0.3, -0.25) is 0 Å². The summed E-state index contributed by atoms with van der Waals surface area (Å²) < 4.78 is 0. The zero-order chi connectivity index (χ0) is 8.43. The first kappa shape index (κ1) is 8.25. The number of aromatic nitrogens is 1. The normalized spacial score (nSPS) is 9.27. The second kappa shape index (κ2) is 3.04. The zero-order valence-corrected chi connectivity index (χ0v) is 7.19. The molecule has 1 heterocycles. The lowest BCUT2D eigenvalue weighted by Gasteiger charge is -1.91. The van der Waals surface area contributed by atoms with Crippen molar-refractivity contribution in [1.29, 1.82) is 5.39 Å². The predicted octanol–water partition coefficient (Wildman–Crippen LogP) is 3.18. The van der Waals surface area contributed by atoms with Crippen LogP contribution < -0.4 is 0 Å². The number of halogens is 2. The minimum atomic E-state index is 0.100. The third-order valence-corrected chi connectivity index (χ3v) is 1.85. The van der Waals surface area contributed by atoms with Crippen molar-refractivity contribution in [2.75, 3.05) is 0 Å². The first-order valence-electron chi connectivity index (χ1n) is 2.83. The Morgan fingerprint density at radius 3 is 2.64 bits per heavy atom. The molecule has 5 heteroatoms. The number of nitrogens with zero attached hydrogens (tertiary/aromatic N) is 3. The second-order valence-corrected chi connectivity index (χ2v) is 2.72. The maximum Gasteiger partial charge on any atom is 0.422 e. The molecule has 0 N–H and O–H groups in total. The SMILES string of the molecule is Cc1cc([N+]#N)c(Cl)nc1Cl. The zero-order valence-electron chi connectivity index (χ0n) is 5.67. The molecular formula is C6H4Cl2N3+. The van der Waals surface area contributed by atoms with Crippen LogP contribution >= 0.6 is 23.2 Å². The van der Waals surface area contributed by atoms with Gasteiger partial charge in [-0.2, -0.15) is 0 Å². The van der Waals surface area contributed by atoms with Gasteiger partial charge >= 0.3 is 5.69 Å². The highest BCUT2D eigenvalue weighted by Gasteiger charge is 2.15. The summed E-state index contributed by atoms with van der Waals surface area (Å²) in [6.07, 6.45) is 0. The molecule has 56 valence electrons. The lowest BCUT2D eigenvalue weighted by atomic mass is 10.3. The van der Waals surface area contributed by atoms with Crippen LogP contribution in [0.5, 0.6) is 0 Å². The molecule has 0 unspecified atom stereocenters. The van der Waals surface area contributed by atoms with Gasteiger partial charge in [0.2, 0.25) is 10.5 Å². The van der Waals surface area contributed by atoms with Gasteiger partial charge < -0.3 is 0 Å². The van der Waals surface area contributed by atoms with Gasteiger partial charge in [0.05, 0.1) is 0 Å². The van der Waals surface area contributed by atoms with Crippen LogP contribution in [0.25, 0.3) is 4.98 Å². The first-order valence-corrected chi connectivity index (χ1v) is 3.58. The lowest BCUT2D eigenvalue weighted by Crippen LogP contribution is -1.81. The van der Waals surface area contributed by atoms with Crippen LogP contribution in [0.2, 0.25) is 10.3 Å². The minimum absolute atomic E-state index is 0.100. The van der Waals surface area contributed by atoms with E-state index in [4.69, 9.17) is 28.6 Å². The number of aryl methyl sites for hydroxylation is 1. The summed E-state index contributed by atoms with van der Waals surface area (Å²) in [6, 6.07) is 1.55. The van der Waals surface area contributed by atoms with Gasteiger partial charge in [0.1, 0.15) is 5.15 Å². The van der Waals surface area contributed by atoms with E-state index in [1.165, 1.54) is 0 Å². The van der Waals surface area contributed by atoms with E-state index in [-0.39, 0.29) is 10.8 Å². The Hall–Kier alpha value is -0.850. The Labute approximate surface area is 73.6 Å². The van der Waals surface area contributed by atoms with Gasteiger partial charge in [0.25, 0.3) is 0 Å². The Kier molecular flexibility index (Phi) is 2.28. The highest BCUT2D eigenvalue weighted by Crippen LogP contribution is 2.26. The fourth-order valence-corrected chi connectivity index (χ4v) is 0.985. The predicted molar refractivity (Wildman–Crippen MR) is 43.7 cm³/mol. The molecule has 0 fully saturated rings. The molecule has 11 heavy (non-hydrogen) atoms. The van der Waals surface area contributed by atoms with Gasteiger partial charge in [-0.1, -0.05) is 23.2 Å². The largest absolute Gasteiger partial charge is 0.422 e. The monoisotopic (exact) mass is 188 g/mol. The van der Waals surface area contributed by atoms with Crippen LogP contribution in [-0.2, 0) is 0 Å². The van der Waals surface area contributed by atoms with Crippen molar-refractivity contribution >= 4 is 28.9 Å². The molecule has 0 spiro atoms. The molecule has 1 aromatic rings. The van der Waals surface area contributed by atoms with Crippen molar-refractivity contribution < 1.29 is 0 Å². The number of hydrogen-bond acceptors (Lipinski definition) is 2. The summed E-state index contributed by atoms with van der Waals surface area (Å²) in [5.41, 5.74) is 0.956. The van der Waals surface area contributed by atoms with Gasteiger partial charge in [-0.15, -0.1) is 0 Å². The van der Waals surface area contributed by atoms with E-state index in [1.54, 1.807) is 13.0 Å². The molecule has 0 saturated heterocycles. The first-order chi connectivity index (χ1) is 5.15. The molecule has 0 aliphatic heterocycles. The minimum Gasteiger partial charge on any atom is -0.216 e. The summed E-state index contributed by atoms with van der Waals surface area (Å²) in [6.45, 7) is 1.75. The van der Waals surface area contributed by atoms with Crippen LogP contribution in [0, 0.1) is 12.3 Å². The van der Waals surface area contributed by atoms with Crippen LogP contribution in [0.1, 0.15) is 5.56 Å². The highest BCUT2D eigenvalue weighted by molar-refractivity contribution is 6.34. The highest BCUT2D eigenvalue weighted by atomic mass is 35.5. The molecule has 0 aliphatic rings. The fraction of sp³-hybridized carbons (Fsp3) is 0.167. The smallest absolute Gasteiger partial charge is 0.216 e. The Morgan fingerprint density at radius 2 is 2.09 bits per heavy atom. The van der Waals surface area contributed by atoms with E-state index in [9.17, 15) is 0 Å². The molecule has 0 aliphatic carbocycles. The Bertz CT molecular complexity index is 329. The summed E-state index contributed by atoms with van der Waals surface area (Å²) >= 11 is 11.2. The van der Waals surface area contributed by atoms with E-state index in [2.05, 4.69) is 9.96 Å². The Morgan fingerprint density at radius 1 is 1.45 bits per heavy atom. The van der Waals surface area contributed by atoms with E-state index < -0.39 is 0 Å². The number of hydrogen-bond donors (Lipinski definition) is 0. The molecule has 0 aromatic carbocycles. The van der Waals surface area contributed by atoms with E-state index in [0.29, 0.717) is 5.15 Å². The average Bonchev–Trinajstić information content (AvgIpc) is 1.97. The number of diazo groups is 1. The van der Waals surface area contributed by atoms with Crippen molar-refractivity contribution in [3.05, 3.63) is 26.9 Å². The van der Waals surface area contributed by atoms with Crippen molar-refractivity contribution in [3.8, 4) is 0 Å². The summed E-state index contributed by atoms with van der Waals surface area (Å²) in [4.78, 5) is 6.64. The molecule has 0 saturated carbocycles. The van der Waals surface area contributed by atoms with Gasteiger partial charge in [0.15, 0.2) is 4.98 Å². The summed E-state index contributed by atoms with van der Waals surface area (Å²) in [5.74, 6) is 0. The van der Waals surface area contributed by atoms with Crippen molar-refractivity contribution in [1.82, 2.24) is 4.98 Å². The van der Waals surface area contributed by atoms with Gasteiger partial charge in [-0.25, -0.2) is 4.98 Å². The van der Waals surface area contributed by atoms with E-state index in [1.807, 2.05) is 0 Å². The van der Waals surface area contributed by atoms with Gasteiger partial charge in [0, 0.05) is 6.07 Å². The van der Waals surface area contributed by atoms with Crippen molar-refractivity contribution in [3.63, 3.8) is 0 Å². The molecular weight excluding hydrogens is 185 g/mol. The van der Waals surface area contributed by atoms with Crippen molar-refractivity contribution in [2.45, 2.75) is 6.92 Å². The topological polar surface area (TPSA) is 41.0 Å². The molecule has 0 atom stereocenters.